The van der Waals surface area contributed by atoms with Crippen molar-refractivity contribution in [2.24, 2.45) is 0 Å². The summed E-state index contributed by atoms with van der Waals surface area (Å²) in [6, 6.07) is 4.62. The van der Waals surface area contributed by atoms with Gasteiger partial charge in [-0.2, -0.15) is 4.98 Å². The lowest BCUT2D eigenvalue weighted by atomic mass is 10.2. The summed E-state index contributed by atoms with van der Waals surface area (Å²) in [6.45, 7) is 1.63. The number of aryl methyl sites for hydroxylation is 1. The molecule has 2 aromatic heterocycles. The van der Waals surface area contributed by atoms with Gasteiger partial charge >= 0.3 is 0 Å². The number of benzene rings is 1. The smallest absolute Gasteiger partial charge is 0.244 e. The van der Waals surface area contributed by atoms with E-state index in [0.717, 1.165) is 5.56 Å². The van der Waals surface area contributed by atoms with Crippen molar-refractivity contribution >= 4 is 16.3 Å². The number of imidazole rings is 1. The third kappa shape index (κ3) is 2.09. The Bertz CT molecular complexity index is 735. The van der Waals surface area contributed by atoms with Gasteiger partial charge in [0.2, 0.25) is 5.88 Å². The molecule has 0 spiro atoms. The van der Waals surface area contributed by atoms with Crippen LogP contribution in [0.25, 0.3) is 4.96 Å². The summed E-state index contributed by atoms with van der Waals surface area (Å²) >= 11 is 1.42. The first-order valence-electron chi connectivity index (χ1n) is 5.68. The molecule has 0 fully saturated rings. The van der Waals surface area contributed by atoms with Gasteiger partial charge in [0.15, 0.2) is 16.5 Å². The molecule has 0 aliphatic heterocycles. The molecule has 3 rings (SSSR count). The minimum Gasteiger partial charge on any atom is -0.434 e. The van der Waals surface area contributed by atoms with Crippen molar-refractivity contribution < 1.29 is 14.2 Å². The first-order valence-corrected chi connectivity index (χ1v) is 6.56. The minimum absolute atomic E-state index is 0.112. The molecule has 4 nitrogen and oxygen atoms in total. The van der Waals surface area contributed by atoms with E-state index in [1.807, 2.05) is 12.3 Å². The van der Waals surface area contributed by atoms with E-state index in [1.165, 1.54) is 17.4 Å². The fourth-order valence-electron chi connectivity index (χ4n) is 1.83. The summed E-state index contributed by atoms with van der Waals surface area (Å²) in [7, 11) is 0. The maximum atomic E-state index is 13.7. The van der Waals surface area contributed by atoms with Crippen molar-refractivity contribution in [3.8, 4) is 11.6 Å². The zero-order valence-electron chi connectivity index (χ0n) is 10.1. The fraction of sp³-hybridized carbons (Fsp3) is 0.154. The zero-order valence-corrected chi connectivity index (χ0v) is 10.9. The van der Waals surface area contributed by atoms with E-state index >= 15 is 0 Å². The summed E-state index contributed by atoms with van der Waals surface area (Å²) in [5, 5.41) is 11.3. The predicted molar refractivity (Wildman–Crippen MR) is 70.2 cm³/mol. The van der Waals surface area contributed by atoms with Gasteiger partial charge in [0, 0.05) is 11.6 Å². The van der Waals surface area contributed by atoms with Crippen molar-refractivity contribution in [3.63, 3.8) is 0 Å². The molecule has 0 amide bonds. The van der Waals surface area contributed by atoms with Gasteiger partial charge in [-0.15, -0.1) is 11.3 Å². The topological polar surface area (TPSA) is 46.8 Å². The Morgan fingerprint density at radius 3 is 3.11 bits per heavy atom. The fourth-order valence-corrected chi connectivity index (χ4v) is 2.56. The molecule has 1 aromatic carbocycles. The van der Waals surface area contributed by atoms with Crippen LogP contribution in [0.2, 0.25) is 0 Å². The normalized spacial score (nSPS) is 11.1. The van der Waals surface area contributed by atoms with Gasteiger partial charge in [-0.3, -0.25) is 4.40 Å². The standard InChI is InChI=1S/C13H11FN2O2S/c1-8-2-3-9(14)11(6-8)18-12-10(7-17)16-4-5-19-13(16)15-12/h2-6,17H,7H2,1H3. The number of aromatic nitrogens is 2. The molecule has 0 unspecified atom stereocenters. The van der Waals surface area contributed by atoms with Crippen LogP contribution in [-0.4, -0.2) is 14.5 Å². The zero-order chi connectivity index (χ0) is 13.4. The molecule has 98 valence electrons. The van der Waals surface area contributed by atoms with Crippen molar-refractivity contribution in [2.45, 2.75) is 13.5 Å². The number of ether oxygens (including phenoxy) is 1. The van der Waals surface area contributed by atoms with E-state index in [-0.39, 0.29) is 18.2 Å². The van der Waals surface area contributed by atoms with Crippen LogP contribution in [-0.2, 0) is 6.61 Å². The van der Waals surface area contributed by atoms with Gasteiger partial charge in [-0.1, -0.05) is 6.07 Å². The Balaban J connectivity index is 2.05. The maximum absolute atomic E-state index is 13.7. The highest BCUT2D eigenvalue weighted by atomic mass is 32.1. The predicted octanol–water partition coefficient (Wildman–Crippen LogP) is 3.13. The summed E-state index contributed by atoms with van der Waals surface area (Å²) < 4.78 is 20.9. The van der Waals surface area contributed by atoms with E-state index in [9.17, 15) is 9.50 Å². The van der Waals surface area contributed by atoms with E-state index in [1.54, 1.807) is 22.7 Å². The Morgan fingerprint density at radius 2 is 2.32 bits per heavy atom. The number of hydrogen-bond donors (Lipinski definition) is 1. The number of halogens is 1. The average molecular weight is 278 g/mol. The summed E-state index contributed by atoms with van der Waals surface area (Å²) in [5.74, 6) is -0.106. The van der Waals surface area contributed by atoms with Crippen LogP contribution in [0.5, 0.6) is 11.6 Å². The Labute approximate surface area is 112 Å². The molecule has 0 aliphatic carbocycles. The van der Waals surface area contributed by atoms with Gasteiger partial charge in [-0.05, 0) is 24.6 Å². The van der Waals surface area contributed by atoms with Crippen LogP contribution < -0.4 is 4.74 Å². The molecule has 0 atom stereocenters. The summed E-state index contributed by atoms with van der Waals surface area (Å²) in [5.41, 5.74) is 1.40. The second-order valence-electron chi connectivity index (χ2n) is 4.11. The highest BCUT2D eigenvalue weighted by Crippen LogP contribution is 2.29. The van der Waals surface area contributed by atoms with E-state index in [4.69, 9.17) is 4.74 Å². The van der Waals surface area contributed by atoms with Gasteiger partial charge in [-0.25, -0.2) is 4.39 Å². The molecular formula is C13H11FN2O2S. The number of fused-ring (bicyclic) bond motifs is 1. The molecule has 2 heterocycles. The van der Waals surface area contributed by atoms with Gasteiger partial charge in [0.05, 0.1) is 6.61 Å². The lowest BCUT2D eigenvalue weighted by molar-refractivity contribution is 0.269. The van der Waals surface area contributed by atoms with Crippen LogP contribution in [0.3, 0.4) is 0 Å². The van der Waals surface area contributed by atoms with E-state index in [2.05, 4.69) is 4.98 Å². The number of rotatable bonds is 3. The van der Waals surface area contributed by atoms with Crippen LogP contribution >= 0.6 is 11.3 Å². The Hall–Kier alpha value is -1.92. The molecule has 19 heavy (non-hydrogen) atoms. The molecule has 0 saturated carbocycles. The number of nitrogens with zero attached hydrogens (tertiary/aromatic N) is 2. The molecule has 3 aromatic rings. The maximum Gasteiger partial charge on any atom is 0.244 e. The van der Waals surface area contributed by atoms with Crippen molar-refractivity contribution in [1.82, 2.24) is 9.38 Å². The molecule has 0 radical (unpaired) electrons. The third-order valence-electron chi connectivity index (χ3n) is 2.77. The molecule has 6 heteroatoms. The van der Waals surface area contributed by atoms with Crippen molar-refractivity contribution in [1.29, 1.82) is 0 Å². The molecule has 0 aliphatic rings. The largest absolute Gasteiger partial charge is 0.434 e. The second kappa shape index (κ2) is 4.64. The molecule has 0 bridgehead atoms. The minimum atomic E-state index is -0.453. The number of hydrogen-bond acceptors (Lipinski definition) is 4. The number of aliphatic hydroxyl groups is 1. The van der Waals surface area contributed by atoms with Gasteiger partial charge in [0.25, 0.3) is 0 Å². The lowest BCUT2D eigenvalue weighted by Crippen LogP contribution is -1.95. The summed E-state index contributed by atoms with van der Waals surface area (Å²) in [6.07, 6.45) is 1.79. The Morgan fingerprint density at radius 1 is 1.47 bits per heavy atom. The first kappa shape index (κ1) is 12.1. The summed E-state index contributed by atoms with van der Waals surface area (Å²) in [4.78, 5) is 4.94. The highest BCUT2D eigenvalue weighted by molar-refractivity contribution is 7.15. The molecule has 0 saturated heterocycles. The van der Waals surface area contributed by atoms with Crippen molar-refractivity contribution in [2.75, 3.05) is 0 Å². The van der Waals surface area contributed by atoms with Crippen LogP contribution in [0.4, 0.5) is 4.39 Å². The SMILES string of the molecule is Cc1ccc(F)c(Oc2nc3sccn3c2CO)c1. The van der Waals surface area contributed by atoms with Gasteiger partial charge < -0.3 is 9.84 Å². The number of thiazole rings is 1. The van der Waals surface area contributed by atoms with E-state index in [0.29, 0.717) is 10.7 Å². The molecule has 1 N–H and O–H groups in total. The monoisotopic (exact) mass is 278 g/mol. The van der Waals surface area contributed by atoms with Crippen LogP contribution in [0.1, 0.15) is 11.3 Å². The van der Waals surface area contributed by atoms with E-state index < -0.39 is 5.82 Å². The lowest BCUT2D eigenvalue weighted by Gasteiger charge is -2.06. The van der Waals surface area contributed by atoms with Gasteiger partial charge in [0.1, 0.15) is 5.69 Å². The van der Waals surface area contributed by atoms with Crippen LogP contribution in [0.15, 0.2) is 29.8 Å². The molecular weight excluding hydrogens is 267 g/mol. The quantitative estimate of drug-likeness (QED) is 0.800. The highest BCUT2D eigenvalue weighted by Gasteiger charge is 2.16. The van der Waals surface area contributed by atoms with Crippen LogP contribution in [0, 0.1) is 12.7 Å². The average Bonchev–Trinajstić information content (AvgIpc) is 2.94. The Kier molecular flexibility index (Phi) is 2.96. The van der Waals surface area contributed by atoms with Crippen molar-refractivity contribution in [3.05, 3.63) is 46.9 Å². The number of aliphatic hydroxyl groups excluding tert-OH is 1. The first-order chi connectivity index (χ1) is 9.19. The second-order valence-corrected chi connectivity index (χ2v) is 4.99. The third-order valence-corrected chi connectivity index (χ3v) is 3.52.